The molecule has 1 N–H and O–H groups in total. The van der Waals surface area contributed by atoms with Crippen LogP contribution in [0.3, 0.4) is 0 Å². The van der Waals surface area contributed by atoms with Crippen LogP contribution in [-0.2, 0) is 13.0 Å². The van der Waals surface area contributed by atoms with Gasteiger partial charge in [-0.3, -0.25) is 0 Å². The minimum atomic E-state index is 0.930. The number of benzene rings is 2. The summed E-state index contributed by atoms with van der Waals surface area (Å²) in [7, 11) is 1.99. The largest absolute Gasteiger partial charge is 0.316 e. The van der Waals surface area contributed by atoms with Gasteiger partial charge in [-0.1, -0.05) is 42.0 Å². The van der Waals surface area contributed by atoms with E-state index < -0.39 is 0 Å². The molecule has 2 aromatic carbocycles. The summed E-state index contributed by atoms with van der Waals surface area (Å²) in [5.41, 5.74) is 8.35. The first-order valence-electron chi connectivity index (χ1n) is 6.89. The maximum atomic E-state index is 3.21. The van der Waals surface area contributed by atoms with E-state index in [0.29, 0.717) is 0 Å². The number of hydrogen-bond acceptors (Lipinski definition) is 1. The Labute approximate surface area is 116 Å². The van der Waals surface area contributed by atoms with Gasteiger partial charge in [0.1, 0.15) is 0 Å². The maximum Gasteiger partial charge on any atom is 0.0202 e. The summed E-state index contributed by atoms with van der Waals surface area (Å²) >= 11 is 0. The number of hydrogen-bond donors (Lipinski definition) is 1. The minimum absolute atomic E-state index is 0.930. The first-order valence-corrected chi connectivity index (χ1v) is 6.89. The second kappa shape index (κ2) is 6.03. The molecule has 0 aliphatic rings. The van der Waals surface area contributed by atoms with E-state index in [1.165, 1.54) is 33.4 Å². The standard InChI is InChI=1S/C18H23N/c1-13-8-14(2)18(15(3)9-13)11-16-6-5-7-17(10-16)12-19-4/h5-10,19H,11-12H2,1-4H3. The van der Waals surface area contributed by atoms with Gasteiger partial charge in [-0.05, 0) is 62.1 Å². The summed E-state index contributed by atoms with van der Waals surface area (Å²) in [6, 6.07) is 13.4. The highest BCUT2D eigenvalue weighted by Gasteiger charge is 2.05. The summed E-state index contributed by atoms with van der Waals surface area (Å²) in [6.45, 7) is 7.52. The average molecular weight is 253 g/mol. The van der Waals surface area contributed by atoms with Crippen LogP contribution >= 0.6 is 0 Å². The lowest BCUT2D eigenvalue weighted by Crippen LogP contribution is -2.05. The van der Waals surface area contributed by atoms with Gasteiger partial charge in [0, 0.05) is 6.54 Å². The van der Waals surface area contributed by atoms with Crippen LogP contribution in [-0.4, -0.2) is 7.05 Å². The zero-order chi connectivity index (χ0) is 13.8. The van der Waals surface area contributed by atoms with Gasteiger partial charge in [-0.25, -0.2) is 0 Å². The predicted molar refractivity (Wildman–Crippen MR) is 82.7 cm³/mol. The van der Waals surface area contributed by atoms with E-state index in [4.69, 9.17) is 0 Å². The summed E-state index contributed by atoms with van der Waals surface area (Å²) in [5, 5.41) is 3.21. The van der Waals surface area contributed by atoms with Gasteiger partial charge in [0.15, 0.2) is 0 Å². The molecule has 0 saturated carbocycles. The van der Waals surface area contributed by atoms with Crippen molar-refractivity contribution in [3.05, 3.63) is 69.8 Å². The second-order valence-electron chi connectivity index (χ2n) is 5.40. The van der Waals surface area contributed by atoms with Crippen molar-refractivity contribution in [1.29, 1.82) is 0 Å². The predicted octanol–water partition coefficient (Wildman–Crippen LogP) is 3.92. The Bertz CT molecular complexity index is 547. The fourth-order valence-electron chi connectivity index (χ4n) is 2.75. The highest BCUT2D eigenvalue weighted by atomic mass is 14.8. The summed E-state index contributed by atoms with van der Waals surface area (Å²) in [6.07, 6.45) is 1.02. The highest BCUT2D eigenvalue weighted by molar-refractivity contribution is 5.41. The molecule has 0 spiro atoms. The Morgan fingerprint density at radius 2 is 1.53 bits per heavy atom. The molecule has 0 heterocycles. The van der Waals surface area contributed by atoms with Gasteiger partial charge < -0.3 is 5.32 Å². The van der Waals surface area contributed by atoms with Gasteiger partial charge in [0.2, 0.25) is 0 Å². The van der Waals surface area contributed by atoms with Crippen LogP contribution in [0.5, 0.6) is 0 Å². The van der Waals surface area contributed by atoms with Crippen molar-refractivity contribution >= 4 is 0 Å². The van der Waals surface area contributed by atoms with Crippen LogP contribution in [0.15, 0.2) is 36.4 Å². The third-order valence-electron chi connectivity index (χ3n) is 3.59. The zero-order valence-corrected chi connectivity index (χ0v) is 12.4. The third-order valence-corrected chi connectivity index (χ3v) is 3.59. The van der Waals surface area contributed by atoms with Gasteiger partial charge in [0.05, 0.1) is 0 Å². The molecule has 0 bridgehead atoms. The molecular weight excluding hydrogens is 230 g/mol. The van der Waals surface area contributed by atoms with Crippen LogP contribution in [0.1, 0.15) is 33.4 Å². The molecule has 0 radical (unpaired) electrons. The molecule has 0 atom stereocenters. The third kappa shape index (κ3) is 3.45. The first-order chi connectivity index (χ1) is 9.10. The van der Waals surface area contributed by atoms with Crippen molar-refractivity contribution in [2.24, 2.45) is 0 Å². The molecule has 1 heteroatoms. The molecule has 0 aliphatic carbocycles. The number of nitrogens with one attached hydrogen (secondary N) is 1. The quantitative estimate of drug-likeness (QED) is 0.870. The van der Waals surface area contributed by atoms with E-state index in [2.05, 4.69) is 62.5 Å². The SMILES string of the molecule is CNCc1cccc(Cc2c(C)cc(C)cc2C)c1. The van der Waals surface area contributed by atoms with Gasteiger partial charge in [-0.15, -0.1) is 0 Å². The van der Waals surface area contributed by atoms with Crippen LogP contribution in [0.4, 0.5) is 0 Å². The molecule has 1 nitrogen and oxygen atoms in total. The molecule has 0 aliphatic heterocycles. The van der Waals surface area contributed by atoms with Crippen molar-refractivity contribution in [3.8, 4) is 0 Å². The van der Waals surface area contributed by atoms with Crippen LogP contribution in [0, 0.1) is 20.8 Å². The molecule has 0 amide bonds. The topological polar surface area (TPSA) is 12.0 Å². The van der Waals surface area contributed by atoms with E-state index in [1.54, 1.807) is 0 Å². The Morgan fingerprint density at radius 1 is 0.895 bits per heavy atom. The van der Waals surface area contributed by atoms with Gasteiger partial charge >= 0.3 is 0 Å². The first kappa shape index (κ1) is 13.8. The molecular formula is C18H23N. The van der Waals surface area contributed by atoms with Gasteiger partial charge in [-0.2, -0.15) is 0 Å². The molecule has 2 aromatic rings. The molecule has 0 fully saturated rings. The van der Waals surface area contributed by atoms with E-state index in [1.807, 2.05) is 7.05 Å². The fourth-order valence-corrected chi connectivity index (χ4v) is 2.75. The van der Waals surface area contributed by atoms with Crippen molar-refractivity contribution in [3.63, 3.8) is 0 Å². The monoisotopic (exact) mass is 253 g/mol. The summed E-state index contributed by atoms with van der Waals surface area (Å²) in [5.74, 6) is 0. The van der Waals surface area contributed by atoms with Crippen molar-refractivity contribution in [2.45, 2.75) is 33.7 Å². The summed E-state index contributed by atoms with van der Waals surface area (Å²) in [4.78, 5) is 0. The average Bonchev–Trinajstić information content (AvgIpc) is 2.35. The van der Waals surface area contributed by atoms with E-state index in [9.17, 15) is 0 Å². The molecule has 0 unspecified atom stereocenters. The molecule has 19 heavy (non-hydrogen) atoms. The maximum absolute atomic E-state index is 3.21. The molecule has 2 rings (SSSR count). The normalized spacial score (nSPS) is 10.7. The van der Waals surface area contributed by atoms with Crippen LogP contribution in [0.25, 0.3) is 0 Å². The van der Waals surface area contributed by atoms with Crippen molar-refractivity contribution < 1.29 is 0 Å². The number of rotatable bonds is 4. The molecule has 0 saturated heterocycles. The van der Waals surface area contributed by atoms with Crippen LogP contribution in [0.2, 0.25) is 0 Å². The van der Waals surface area contributed by atoms with E-state index in [0.717, 1.165) is 13.0 Å². The van der Waals surface area contributed by atoms with Gasteiger partial charge in [0.25, 0.3) is 0 Å². The van der Waals surface area contributed by atoms with E-state index in [-0.39, 0.29) is 0 Å². The minimum Gasteiger partial charge on any atom is -0.316 e. The highest BCUT2D eigenvalue weighted by Crippen LogP contribution is 2.20. The lowest BCUT2D eigenvalue weighted by atomic mass is 9.94. The molecule has 100 valence electrons. The Hall–Kier alpha value is -1.60. The van der Waals surface area contributed by atoms with E-state index >= 15 is 0 Å². The lowest BCUT2D eigenvalue weighted by Gasteiger charge is -2.12. The lowest BCUT2D eigenvalue weighted by molar-refractivity contribution is 0.816. The van der Waals surface area contributed by atoms with Crippen LogP contribution < -0.4 is 5.32 Å². The van der Waals surface area contributed by atoms with Crippen molar-refractivity contribution in [1.82, 2.24) is 5.32 Å². The summed E-state index contributed by atoms with van der Waals surface area (Å²) < 4.78 is 0. The number of aryl methyl sites for hydroxylation is 3. The Morgan fingerprint density at radius 3 is 2.16 bits per heavy atom. The zero-order valence-electron chi connectivity index (χ0n) is 12.4. The fraction of sp³-hybridized carbons (Fsp3) is 0.333. The Kier molecular flexibility index (Phi) is 4.39. The molecule has 0 aromatic heterocycles. The smallest absolute Gasteiger partial charge is 0.0202 e. The second-order valence-corrected chi connectivity index (χ2v) is 5.40. The Balaban J connectivity index is 2.28. The van der Waals surface area contributed by atoms with Crippen molar-refractivity contribution in [2.75, 3.05) is 7.05 Å².